The van der Waals surface area contributed by atoms with Gasteiger partial charge in [0.15, 0.2) is 5.96 Å². The summed E-state index contributed by atoms with van der Waals surface area (Å²) in [4.78, 5) is 17.0. The molecule has 1 aromatic heterocycles. The van der Waals surface area contributed by atoms with Gasteiger partial charge in [-0.2, -0.15) is 0 Å². The summed E-state index contributed by atoms with van der Waals surface area (Å²) < 4.78 is 10.3. The molecule has 0 aliphatic carbocycles. The summed E-state index contributed by atoms with van der Waals surface area (Å²) in [6.07, 6.45) is 0. The van der Waals surface area contributed by atoms with Crippen LogP contribution in [-0.2, 0) is 11.3 Å². The van der Waals surface area contributed by atoms with Crippen molar-refractivity contribution in [3.05, 3.63) is 53.5 Å². The van der Waals surface area contributed by atoms with Gasteiger partial charge in [-0.3, -0.25) is 4.99 Å². The molecule has 0 aliphatic heterocycles. The van der Waals surface area contributed by atoms with Gasteiger partial charge in [0, 0.05) is 24.2 Å². The van der Waals surface area contributed by atoms with E-state index < -0.39 is 5.97 Å². The highest BCUT2D eigenvalue weighted by Gasteiger charge is 2.15. The van der Waals surface area contributed by atoms with Crippen LogP contribution in [0.4, 0.5) is 0 Å². The predicted molar refractivity (Wildman–Crippen MR) is 116 cm³/mol. The van der Waals surface area contributed by atoms with Gasteiger partial charge in [0.1, 0.15) is 17.1 Å². The molecule has 142 valence electrons. The van der Waals surface area contributed by atoms with Gasteiger partial charge in [-0.25, -0.2) is 4.79 Å². The van der Waals surface area contributed by atoms with E-state index in [0.29, 0.717) is 29.6 Å². The van der Waals surface area contributed by atoms with Crippen molar-refractivity contribution >= 4 is 47.7 Å². The molecule has 0 saturated carbocycles. The smallest absolute Gasteiger partial charge is 0.341 e. The van der Waals surface area contributed by atoms with Crippen LogP contribution in [0.3, 0.4) is 0 Å². The largest absolute Gasteiger partial charge is 0.465 e. The summed E-state index contributed by atoms with van der Waals surface area (Å²) in [7, 11) is 3.07. The molecule has 26 heavy (non-hydrogen) atoms. The molecule has 1 heterocycles. The number of furan rings is 1. The lowest BCUT2D eigenvalue weighted by atomic mass is 10.2. The summed E-state index contributed by atoms with van der Waals surface area (Å²) in [6.45, 7) is 2.96. The molecule has 0 radical (unpaired) electrons. The first kappa shape index (κ1) is 22.4. The van der Waals surface area contributed by atoms with Crippen molar-refractivity contribution in [2.45, 2.75) is 18.4 Å². The van der Waals surface area contributed by atoms with E-state index >= 15 is 0 Å². The number of ether oxygens (including phenoxy) is 1. The quantitative estimate of drug-likeness (QED) is 0.155. The lowest BCUT2D eigenvalue weighted by Gasteiger charge is -2.10. The zero-order chi connectivity index (χ0) is 18.1. The van der Waals surface area contributed by atoms with Crippen molar-refractivity contribution in [1.82, 2.24) is 10.6 Å². The van der Waals surface area contributed by atoms with E-state index in [2.05, 4.69) is 27.8 Å². The van der Waals surface area contributed by atoms with Gasteiger partial charge < -0.3 is 19.8 Å². The lowest BCUT2D eigenvalue weighted by molar-refractivity contribution is 0.0599. The van der Waals surface area contributed by atoms with E-state index in [0.717, 1.165) is 12.3 Å². The maximum absolute atomic E-state index is 11.6. The van der Waals surface area contributed by atoms with Crippen molar-refractivity contribution in [2.24, 2.45) is 4.99 Å². The zero-order valence-corrected chi connectivity index (χ0v) is 18.2. The minimum atomic E-state index is -0.395. The Bertz CT molecular complexity index is 720. The summed E-state index contributed by atoms with van der Waals surface area (Å²) in [5, 5.41) is 6.42. The van der Waals surface area contributed by atoms with Crippen LogP contribution in [0.2, 0.25) is 0 Å². The second kappa shape index (κ2) is 11.8. The molecular weight excluding hydrogens is 465 g/mol. The fourth-order valence-corrected chi connectivity index (χ4v) is 2.98. The summed E-state index contributed by atoms with van der Waals surface area (Å²) >= 11 is 1.78. The van der Waals surface area contributed by atoms with Gasteiger partial charge in [0.25, 0.3) is 0 Å². The Kier molecular flexibility index (Phi) is 10.2. The minimum Gasteiger partial charge on any atom is -0.465 e. The van der Waals surface area contributed by atoms with Crippen molar-refractivity contribution in [3.63, 3.8) is 0 Å². The first-order valence-electron chi connectivity index (χ1n) is 7.94. The Morgan fingerprint density at radius 1 is 1.27 bits per heavy atom. The van der Waals surface area contributed by atoms with Gasteiger partial charge in [-0.05, 0) is 25.1 Å². The van der Waals surface area contributed by atoms with Gasteiger partial charge in [0.05, 0.1) is 13.7 Å². The number of rotatable bonds is 7. The van der Waals surface area contributed by atoms with Gasteiger partial charge in [0.2, 0.25) is 0 Å². The number of hydrogen-bond acceptors (Lipinski definition) is 5. The number of nitrogens with zero attached hydrogens (tertiary/aromatic N) is 1. The summed E-state index contributed by atoms with van der Waals surface area (Å²) in [6, 6.07) is 11.9. The molecular formula is C18H24IN3O3S. The molecule has 0 unspecified atom stereocenters. The summed E-state index contributed by atoms with van der Waals surface area (Å²) in [5.74, 6) is 2.41. The highest BCUT2D eigenvalue weighted by molar-refractivity contribution is 14.0. The Morgan fingerprint density at radius 2 is 2.00 bits per heavy atom. The Labute approximate surface area is 175 Å². The second-order valence-electron chi connectivity index (χ2n) is 5.19. The molecule has 1 aromatic carbocycles. The van der Waals surface area contributed by atoms with E-state index in [1.165, 1.54) is 12.0 Å². The highest BCUT2D eigenvalue weighted by atomic mass is 127. The number of carbonyl (C=O) groups is 1. The molecule has 2 N–H and O–H groups in total. The molecule has 0 amide bonds. The zero-order valence-electron chi connectivity index (χ0n) is 15.1. The number of aryl methyl sites for hydroxylation is 1. The molecule has 0 fully saturated rings. The average Bonchev–Trinajstić information content (AvgIpc) is 3.02. The maximum atomic E-state index is 11.6. The van der Waals surface area contributed by atoms with E-state index in [1.807, 2.05) is 18.2 Å². The third-order valence-electron chi connectivity index (χ3n) is 3.43. The number of carbonyl (C=O) groups excluding carboxylic acids is 1. The van der Waals surface area contributed by atoms with Crippen molar-refractivity contribution in [1.29, 1.82) is 0 Å². The number of halogens is 1. The van der Waals surface area contributed by atoms with Crippen LogP contribution in [0, 0.1) is 6.92 Å². The van der Waals surface area contributed by atoms with E-state index in [9.17, 15) is 4.79 Å². The van der Waals surface area contributed by atoms with Gasteiger partial charge >= 0.3 is 5.97 Å². The molecule has 0 bridgehead atoms. The van der Waals surface area contributed by atoms with E-state index in [1.54, 1.807) is 31.8 Å². The minimum absolute atomic E-state index is 0. The van der Waals surface area contributed by atoms with Crippen LogP contribution in [0.1, 0.15) is 21.9 Å². The predicted octanol–water partition coefficient (Wildman–Crippen LogP) is 3.45. The first-order chi connectivity index (χ1) is 12.1. The van der Waals surface area contributed by atoms with E-state index in [4.69, 9.17) is 9.15 Å². The number of aliphatic imine (C=N–C) groups is 1. The molecule has 2 rings (SSSR count). The molecule has 6 nitrogen and oxygen atoms in total. The molecule has 8 heteroatoms. The normalized spacial score (nSPS) is 10.8. The van der Waals surface area contributed by atoms with Crippen LogP contribution in [0.15, 0.2) is 50.7 Å². The average molecular weight is 489 g/mol. The second-order valence-corrected chi connectivity index (χ2v) is 6.36. The van der Waals surface area contributed by atoms with Gasteiger partial charge in [-0.15, -0.1) is 35.7 Å². The number of hydrogen-bond donors (Lipinski definition) is 2. The third kappa shape index (κ3) is 6.91. The number of methoxy groups -OCH3 is 1. The molecule has 0 atom stereocenters. The Hall–Kier alpha value is -1.68. The van der Waals surface area contributed by atoms with Crippen molar-refractivity contribution < 1.29 is 13.9 Å². The van der Waals surface area contributed by atoms with Crippen molar-refractivity contribution in [3.8, 4) is 0 Å². The number of thioether (sulfide) groups is 1. The number of benzene rings is 1. The maximum Gasteiger partial charge on any atom is 0.341 e. The monoisotopic (exact) mass is 489 g/mol. The summed E-state index contributed by atoms with van der Waals surface area (Å²) in [5.41, 5.74) is 0.446. The number of esters is 1. The fraction of sp³-hybridized carbons (Fsp3) is 0.333. The van der Waals surface area contributed by atoms with Crippen LogP contribution in [0.25, 0.3) is 0 Å². The highest BCUT2D eigenvalue weighted by Crippen LogP contribution is 2.16. The number of guanidine groups is 1. The molecule has 0 spiro atoms. The molecule has 0 aliphatic rings. The molecule has 2 aromatic rings. The van der Waals surface area contributed by atoms with Crippen LogP contribution in [0.5, 0.6) is 0 Å². The van der Waals surface area contributed by atoms with Crippen LogP contribution >= 0.6 is 35.7 Å². The third-order valence-corrected chi connectivity index (χ3v) is 4.45. The topological polar surface area (TPSA) is 75.9 Å². The lowest BCUT2D eigenvalue weighted by Crippen LogP contribution is -2.37. The fourth-order valence-electron chi connectivity index (χ4n) is 2.19. The SMILES string of the molecule is CN=C(NCCSc1ccccc1)NCc1cc(C(=O)OC)c(C)o1.I. The molecule has 0 saturated heterocycles. The Balaban J connectivity index is 0.00000338. The van der Waals surface area contributed by atoms with Crippen LogP contribution < -0.4 is 10.6 Å². The van der Waals surface area contributed by atoms with Crippen molar-refractivity contribution in [2.75, 3.05) is 26.5 Å². The number of nitrogens with one attached hydrogen (secondary N) is 2. The van der Waals surface area contributed by atoms with Crippen LogP contribution in [-0.4, -0.2) is 38.4 Å². The standard InChI is InChI=1S/C18H23N3O3S.HI/c1-13-16(17(22)23-3)11-14(24-13)12-21-18(19-2)20-9-10-25-15-7-5-4-6-8-15;/h4-8,11H,9-10,12H2,1-3H3,(H2,19,20,21);1H. The van der Waals surface area contributed by atoms with E-state index in [-0.39, 0.29) is 24.0 Å². The first-order valence-corrected chi connectivity index (χ1v) is 8.92. The Morgan fingerprint density at radius 3 is 2.65 bits per heavy atom. The van der Waals surface area contributed by atoms with Gasteiger partial charge in [-0.1, -0.05) is 18.2 Å².